The number of fused-ring (bicyclic) bond motifs is 3. The first-order valence-corrected chi connectivity index (χ1v) is 11.1. The molecule has 0 aromatic heterocycles. The Morgan fingerprint density at radius 2 is 2.00 bits per heavy atom. The van der Waals surface area contributed by atoms with E-state index in [1.54, 1.807) is 16.7 Å². The highest BCUT2D eigenvalue weighted by atomic mass is 32.2. The number of hydrogen-bond donors (Lipinski definition) is 2. The van der Waals surface area contributed by atoms with Crippen LogP contribution in [0.25, 0.3) is 0 Å². The van der Waals surface area contributed by atoms with Crippen LogP contribution >= 0.6 is 11.8 Å². The Hall–Kier alpha value is -2.02. The molecule has 2 aliphatic rings. The summed E-state index contributed by atoms with van der Waals surface area (Å²) in [6.45, 7) is 6.57. The number of hydrogen-bond acceptors (Lipinski definition) is 4. The van der Waals surface area contributed by atoms with E-state index in [4.69, 9.17) is 0 Å². The molecule has 3 amide bonds. The van der Waals surface area contributed by atoms with E-state index < -0.39 is 12.1 Å². The molecule has 2 aliphatic heterocycles. The Kier molecular flexibility index (Phi) is 6.65. The number of nitrogens with zero attached hydrogens (tertiary/aromatic N) is 1. The number of rotatable bonds is 8. The van der Waals surface area contributed by atoms with Gasteiger partial charge in [0.05, 0.1) is 0 Å². The van der Waals surface area contributed by atoms with Crippen molar-refractivity contribution in [2.24, 2.45) is 5.92 Å². The topological polar surface area (TPSA) is 78.5 Å². The Morgan fingerprint density at radius 3 is 2.71 bits per heavy atom. The summed E-state index contributed by atoms with van der Waals surface area (Å²) in [7, 11) is 0. The molecule has 3 unspecified atom stereocenters. The quantitative estimate of drug-likeness (QED) is 0.654. The summed E-state index contributed by atoms with van der Waals surface area (Å²) in [5, 5.41) is 5.71. The van der Waals surface area contributed by atoms with E-state index in [0.717, 1.165) is 24.8 Å². The second kappa shape index (κ2) is 8.99. The third-order valence-electron chi connectivity index (χ3n) is 5.32. The molecule has 0 saturated carbocycles. The zero-order valence-electron chi connectivity index (χ0n) is 16.7. The maximum Gasteiger partial charge on any atom is 0.256 e. The summed E-state index contributed by atoms with van der Waals surface area (Å²) in [5.74, 6) is -0.00181. The average molecular weight is 404 g/mol. The van der Waals surface area contributed by atoms with Crippen LogP contribution in [0.5, 0.6) is 0 Å². The van der Waals surface area contributed by atoms with Crippen LogP contribution in [0.15, 0.2) is 24.3 Å². The lowest BCUT2D eigenvalue weighted by molar-refractivity contribution is -0.131. The molecule has 0 aliphatic carbocycles. The number of unbranched alkanes of at least 4 members (excludes halogenated alkanes) is 2. The third-order valence-corrected chi connectivity index (χ3v) is 6.63. The molecule has 2 heterocycles. The van der Waals surface area contributed by atoms with Gasteiger partial charge in [0.2, 0.25) is 11.8 Å². The van der Waals surface area contributed by atoms with Gasteiger partial charge in [0, 0.05) is 17.9 Å². The van der Waals surface area contributed by atoms with Gasteiger partial charge >= 0.3 is 0 Å². The van der Waals surface area contributed by atoms with Crippen molar-refractivity contribution in [1.82, 2.24) is 15.5 Å². The van der Waals surface area contributed by atoms with Gasteiger partial charge < -0.3 is 15.5 Å². The van der Waals surface area contributed by atoms with E-state index in [2.05, 4.69) is 17.6 Å². The minimum Gasteiger partial charge on any atom is -0.354 e. The number of nitrogens with one attached hydrogen (secondary N) is 2. The largest absolute Gasteiger partial charge is 0.354 e. The van der Waals surface area contributed by atoms with Gasteiger partial charge in [-0.3, -0.25) is 14.4 Å². The molecule has 7 heteroatoms. The standard InChI is InChI=1S/C21H29N3O3S/c1-4-5-8-11-22-19(26)17(13(2)3)23-18(25)16-12-28-21-15-10-7-6-9-14(15)20(27)24(16)21/h6-7,9-10,13,16-17,21H,4-5,8,11-12H2,1-3H3,(H,22,26)(H,23,25). The van der Waals surface area contributed by atoms with Crippen LogP contribution in [-0.2, 0) is 9.59 Å². The van der Waals surface area contributed by atoms with E-state index in [0.29, 0.717) is 17.9 Å². The van der Waals surface area contributed by atoms with Crippen molar-refractivity contribution in [2.45, 2.75) is 57.5 Å². The van der Waals surface area contributed by atoms with E-state index in [9.17, 15) is 14.4 Å². The second-order valence-corrected chi connectivity index (χ2v) is 8.84. The predicted molar refractivity (Wildman–Crippen MR) is 111 cm³/mol. The first-order valence-electron chi connectivity index (χ1n) is 10.1. The number of amides is 3. The van der Waals surface area contributed by atoms with E-state index in [1.165, 1.54) is 0 Å². The smallest absolute Gasteiger partial charge is 0.256 e. The molecular formula is C21H29N3O3S. The summed E-state index contributed by atoms with van der Waals surface area (Å²) in [6.07, 6.45) is 3.09. The van der Waals surface area contributed by atoms with Crippen LogP contribution in [0.2, 0.25) is 0 Å². The van der Waals surface area contributed by atoms with Gasteiger partial charge in [-0.1, -0.05) is 51.8 Å². The molecule has 1 fully saturated rings. The summed E-state index contributed by atoms with van der Waals surface area (Å²) >= 11 is 1.60. The highest BCUT2D eigenvalue weighted by Gasteiger charge is 2.48. The zero-order valence-corrected chi connectivity index (χ0v) is 17.6. The van der Waals surface area contributed by atoms with Crippen molar-refractivity contribution in [3.63, 3.8) is 0 Å². The maximum absolute atomic E-state index is 13.0. The second-order valence-electron chi connectivity index (χ2n) is 7.73. The summed E-state index contributed by atoms with van der Waals surface area (Å²) in [6, 6.07) is 6.37. The molecule has 2 N–H and O–H groups in total. The Morgan fingerprint density at radius 1 is 1.25 bits per heavy atom. The summed E-state index contributed by atoms with van der Waals surface area (Å²) in [5.41, 5.74) is 1.65. The van der Waals surface area contributed by atoms with E-state index in [1.807, 2.05) is 38.1 Å². The van der Waals surface area contributed by atoms with Gasteiger partial charge in [-0.25, -0.2) is 0 Å². The fraction of sp³-hybridized carbons (Fsp3) is 0.571. The van der Waals surface area contributed by atoms with Gasteiger partial charge in [-0.2, -0.15) is 0 Å². The molecule has 0 bridgehead atoms. The monoisotopic (exact) mass is 403 g/mol. The number of benzene rings is 1. The van der Waals surface area contributed by atoms with E-state index in [-0.39, 0.29) is 29.0 Å². The minimum atomic E-state index is -0.599. The first-order chi connectivity index (χ1) is 13.5. The van der Waals surface area contributed by atoms with Crippen LogP contribution in [-0.4, -0.2) is 47.0 Å². The van der Waals surface area contributed by atoms with Gasteiger partial charge in [-0.05, 0) is 24.0 Å². The van der Waals surface area contributed by atoms with E-state index >= 15 is 0 Å². The molecule has 3 atom stereocenters. The zero-order chi connectivity index (χ0) is 20.3. The SMILES string of the molecule is CCCCCNC(=O)C(NC(=O)C1CSC2c3ccccc3C(=O)N12)C(C)C. The number of carbonyl (C=O) groups is 3. The molecule has 6 nitrogen and oxygen atoms in total. The molecule has 3 rings (SSSR count). The van der Waals surface area contributed by atoms with Crippen molar-refractivity contribution < 1.29 is 14.4 Å². The number of carbonyl (C=O) groups excluding carboxylic acids is 3. The Balaban J connectivity index is 1.65. The van der Waals surface area contributed by atoms with Gasteiger partial charge in [-0.15, -0.1) is 11.8 Å². The van der Waals surface area contributed by atoms with Crippen LogP contribution in [0.4, 0.5) is 0 Å². The lowest BCUT2D eigenvalue weighted by Gasteiger charge is -2.27. The highest BCUT2D eigenvalue weighted by molar-refractivity contribution is 7.99. The fourth-order valence-corrected chi connectivity index (χ4v) is 5.19. The molecule has 1 saturated heterocycles. The average Bonchev–Trinajstić information content (AvgIpc) is 3.23. The van der Waals surface area contributed by atoms with Crippen molar-refractivity contribution in [2.75, 3.05) is 12.3 Å². The van der Waals surface area contributed by atoms with Crippen molar-refractivity contribution in [3.05, 3.63) is 35.4 Å². The summed E-state index contributed by atoms with van der Waals surface area (Å²) < 4.78 is 0. The third kappa shape index (κ3) is 4.04. The summed E-state index contributed by atoms with van der Waals surface area (Å²) in [4.78, 5) is 40.0. The highest BCUT2D eigenvalue weighted by Crippen LogP contribution is 2.48. The minimum absolute atomic E-state index is 0.0357. The molecule has 1 aromatic carbocycles. The first kappa shape index (κ1) is 20.7. The maximum atomic E-state index is 13.0. The van der Waals surface area contributed by atoms with Crippen LogP contribution in [0.1, 0.15) is 61.3 Å². The molecule has 28 heavy (non-hydrogen) atoms. The predicted octanol–water partition coefficient (Wildman–Crippen LogP) is 2.70. The van der Waals surface area contributed by atoms with Crippen LogP contribution in [0.3, 0.4) is 0 Å². The Labute approximate surface area is 170 Å². The number of thioether (sulfide) groups is 1. The van der Waals surface area contributed by atoms with Crippen LogP contribution < -0.4 is 10.6 Å². The van der Waals surface area contributed by atoms with Gasteiger partial charge in [0.25, 0.3) is 5.91 Å². The van der Waals surface area contributed by atoms with Crippen molar-refractivity contribution >= 4 is 29.5 Å². The van der Waals surface area contributed by atoms with Gasteiger partial charge in [0.1, 0.15) is 17.5 Å². The fourth-order valence-electron chi connectivity index (χ4n) is 3.72. The van der Waals surface area contributed by atoms with Gasteiger partial charge in [0.15, 0.2) is 0 Å². The normalized spacial score (nSPS) is 21.4. The molecule has 0 spiro atoms. The molecule has 152 valence electrons. The molecule has 1 aromatic rings. The lowest BCUT2D eigenvalue weighted by atomic mass is 10.0. The molecule has 0 radical (unpaired) electrons. The van der Waals surface area contributed by atoms with Crippen molar-refractivity contribution in [1.29, 1.82) is 0 Å². The van der Waals surface area contributed by atoms with Crippen molar-refractivity contribution in [3.8, 4) is 0 Å². The van der Waals surface area contributed by atoms with Crippen LogP contribution in [0, 0.1) is 5.92 Å². The molecular weight excluding hydrogens is 374 g/mol. The lowest BCUT2D eigenvalue weighted by Crippen LogP contribution is -2.55. The Bertz CT molecular complexity index is 752.